The van der Waals surface area contributed by atoms with Crippen LogP contribution < -0.4 is 9.64 Å². The Kier molecular flexibility index (Phi) is 5.93. The van der Waals surface area contributed by atoms with E-state index in [0.29, 0.717) is 39.1 Å². The van der Waals surface area contributed by atoms with Crippen molar-refractivity contribution in [1.82, 2.24) is 0 Å². The summed E-state index contributed by atoms with van der Waals surface area (Å²) in [5, 5.41) is 0.344. The third-order valence-electron chi connectivity index (χ3n) is 4.55. The molecule has 4 nitrogen and oxygen atoms in total. The standard InChI is InChI=1S/C24H18ClNO3S/c1-2-29-17-14-12-16(13-15-17)21-22(30-18-8-4-3-5-9-18)24(28)26(23(21)27)20-11-7-6-10-19(20)25/h3-15H,2H2,1H3. The molecule has 150 valence electrons. The van der Waals surface area contributed by atoms with Crippen LogP contribution in [0.5, 0.6) is 5.75 Å². The number of hydrogen-bond donors (Lipinski definition) is 0. The van der Waals surface area contributed by atoms with Crippen LogP contribution in [-0.4, -0.2) is 18.4 Å². The molecule has 2 amide bonds. The number of rotatable bonds is 6. The molecule has 3 aromatic rings. The number of hydrogen-bond acceptors (Lipinski definition) is 4. The fraction of sp³-hybridized carbons (Fsp3) is 0.0833. The molecule has 0 bridgehead atoms. The van der Waals surface area contributed by atoms with Gasteiger partial charge in [0.25, 0.3) is 11.8 Å². The van der Waals surface area contributed by atoms with Crippen LogP contribution >= 0.6 is 23.4 Å². The molecule has 0 saturated heterocycles. The van der Waals surface area contributed by atoms with E-state index in [1.54, 1.807) is 48.5 Å². The summed E-state index contributed by atoms with van der Waals surface area (Å²) in [7, 11) is 0. The molecule has 6 heteroatoms. The Hall–Kier alpha value is -3.02. The fourth-order valence-electron chi connectivity index (χ4n) is 3.20. The molecule has 4 rings (SSSR count). The van der Waals surface area contributed by atoms with Crippen LogP contribution in [0.1, 0.15) is 12.5 Å². The molecule has 0 aromatic heterocycles. The van der Waals surface area contributed by atoms with Gasteiger partial charge in [-0.25, -0.2) is 4.90 Å². The average Bonchev–Trinajstić information content (AvgIpc) is 3.00. The van der Waals surface area contributed by atoms with E-state index in [0.717, 1.165) is 9.80 Å². The molecule has 3 aromatic carbocycles. The lowest BCUT2D eigenvalue weighted by Crippen LogP contribution is -2.31. The summed E-state index contributed by atoms with van der Waals surface area (Å²) in [5.74, 6) is -0.0691. The smallest absolute Gasteiger partial charge is 0.272 e. The first kappa shape index (κ1) is 20.3. The van der Waals surface area contributed by atoms with Crippen molar-refractivity contribution >= 4 is 46.4 Å². The van der Waals surface area contributed by atoms with Gasteiger partial charge in [-0.15, -0.1) is 0 Å². The van der Waals surface area contributed by atoms with Crippen molar-refractivity contribution in [1.29, 1.82) is 0 Å². The summed E-state index contributed by atoms with van der Waals surface area (Å²) in [6, 6.07) is 23.5. The van der Waals surface area contributed by atoms with E-state index in [9.17, 15) is 9.59 Å². The van der Waals surface area contributed by atoms with Crippen LogP contribution in [0.3, 0.4) is 0 Å². The lowest BCUT2D eigenvalue weighted by atomic mass is 10.1. The van der Waals surface area contributed by atoms with Crippen molar-refractivity contribution < 1.29 is 14.3 Å². The second kappa shape index (κ2) is 8.78. The van der Waals surface area contributed by atoms with Crippen LogP contribution in [0.2, 0.25) is 5.02 Å². The van der Waals surface area contributed by atoms with Crippen molar-refractivity contribution in [2.45, 2.75) is 11.8 Å². The van der Waals surface area contributed by atoms with E-state index < -0.39 is 5.91 Å². The quantitative estimate of drug-likeness (QED) is 0.458. The van der Waals surface area contributed by atoms with Crippen LogP contribution in [-0.2, 0) is 9.59 Å². The molecular formula is C24H18ClNO3S. The first-order valence-electron chi connectivity index (χ1n) is 9.44. The first-order valence-corrected chi connectivity index (χ1v) is 10.6. The summed E-state index contributed by atoms with van der Waals surface area (Å²) < 4.78 is 5.50. The van der Waals surface area contributed by atoms with Gasteiger partial charge in [0.05, 0.1) is 27.8 Å². The van der Waals surface area contributed by atoms with Gasteiger partial charge in [-0.3, -0.25) is 9.59 Å². The second-order valence-electron chi connectivity index (χ2n) is 6.47. The minimum Gasteiger partial charge on any atom is -0.494 e. The summed E-state index contributed by atoms with van der Waals surface area (Å²) >= 11 is 7.58. The van der Waals surface area contributed by atoms with E-state index in [1.807, 2.05) is 37.3 Å². The average molecular weight is 436 g/mol. The minimum absolute atomic E-state index is 0.344. The number of halogens is 1. The fourth-order valence-corrected chi connectivity index (χ4v) is 4.44. The molecule has 0 fully saturated rings. The van der Waals surface area contributed by atoms with E-state index in [4.69, 9.17) is 16.3 Å². The van der Waals surface area contributed by atoms with Gasteiger partial charge in [0, 0.05) is 4.90 Å². The van der Waals surface area contributed by atoms with Gasteiger partial charge in [-0.05, 0) is 48.9 Å². The minimum atomic E-state index is -0.393. The SMILES string of the molecule is CCOc1ccc(C2=C(Sc3ccccc3)C(=O)N(c3ccccc3Cl)C2=O)cc1. The third kappa shape index (κ3) is 3.86. The van der Waals surface area contributed by atoms with Gasteiger partial charge in [-0.1, -0.05) is 65.8 Å². The van der Waals surface area contributed by atoms with Gasteiger partial charge >= 0.3 is 0 Å². The summed E-state index contributed by atoms with van der Waals surface area (Å²) in [5.41, 5.74) is 1.39. The number of anilines is 1. The highest BCUT2D eigenvalue weighted by molar-refractivity contribution is 8.04. The number of amides is 2. The zero-order chi connectivity index (χ0) is 21.1. The van der Waals surface area contributed by atoms with Crippen molar-refractivity contribution in [2.24, 2.45) is 0 Å². The molecule has 0 N–H and O–H groups in total. The lowest BCUT2D eigenvalue weighted by molar-refractivity contribution is -0.119. The molecule has 0 atom stereocenters. The summed E-state index contributed by atoms with van der Waals surface area (Å²) in [6.07, 6.45) is 0. The predicted octanol–water partition coefficient (Wildman–Crippen LogP) is 5.82. The van der Waals surface area contributed by atoms with Crippen molar-refractivity contribution in [2.75, 3.05) is 11.5 Å². The van der Waals surface area contributed by atoms with Gasteiger partial charge < -0.3 is 4.74 Å². The van der Waals surface area contributed by atoms with E-state index in [1.165, 1.54) is 11.8 Å². The highest BCUT2D eigenvalue weighted by atomic mass is 35.5. The predicted molar refractivity (Wildman–Crippen MR) is 121 cm³/mol. The van der Waals surface area contributed by atoms with Crippen molar-refractivity contribution in [3.63, 3.8) is 0 Å². The normalized spacial score (nSPS) is 13.9. The Morgan fingerprint density at radius 1 is 0.867 bits per heavy atom. The maximum absolute atomic E-state index is 13.4. The largest absolute Gasteiger partial charge is 0.494 e. The summed E-state index contributed by atoms with van der Waals surface area (Å²) in [6.45, 7) is 2.46. The topological polar surface area (TPSA) is 46.6 Å². The molecule has 1 aliphatic heterocycles. The van der Waals surface area contributed by atoms with Crippen LogP contribution in [0.4, 0.5) is 5.69 Å². The molecular weight excluding hydrogens is 418 g/mol. The third-order valence-corrected chi connectivity index (χ3v) is 5.96. The Morgan fingerprint density at radius 2 is 1.53 bits per heavy atom. The summed E-state index contributed by atoms with van der Waals surface area (Å²) in [4.78, 5) is 29.2. The Morgan fingerprint density at radius 3 is 2.20 bits per heavy atom. The maximum Gasteiger partial charge on any atom is 0.272 e. The molecule has 0 unspecified atom stereocenters. The number of carbonyl (C=O) groups excluding carboxylic acids is 2. The monoisotopic (exact) mass is 435 g/mol. The first-order chi connectivity index (χ1) is 14.6. The van der Waals surface area contributed by atoms with E-state index in [-0.39, 0.29) is 5.91 Å². The molecule has 1 heterocycles. The van der Waals surface area contributed by atoms with Crippen LogP contribution in [0.25, 0.3) is 5.57 Å². The molecule has 0 radical (unpaired) electrons. The number of nitrogens with zero attached hydrogens (tertiary/aromatic N) is 1. The number of imide groups is 1. The van der Waals surface area contributed by atoms with E-state index in [2.05, 4.69) is 0 Å². The number of thioether (sulfide) groups is 1. The Bertz CT molecular complexity index is 1130. The zero-order valence-corrected chi connectivity index (χ0v) is 17.7. The molecule has 0 aliphatic carbocycles. The van der Waals surface area contributed by atoms with Crippen molar-refractivity contribution in [3.05, 3.63) is 94.4 Å². The maximum atomic E-state index is 13.4. The van der Waals surface area contributed by atoms with E-state index >= 15 is 0 Å². The molecule has 0 spiro atoms. The Balaban J connectivity index is 1.80. The highest BCUT2D eigenvalue weighted by Crippen LogP contribution is 2.42. The number of ether oxygens (including phenoxy) is 1. The van der Waals surface area contributed by atoms with Gasteiger partial charge in [0.15, 0.2) is 0 Å². The van der Waals surface area contributed by atoms with Gasteiger partial charge in [-0.2, -0.15) is 0 Å². The molecule has 0 saturated carbocycles. The number of benzene rings is 3. The number of para-hydroxylation sites is 1. The second-order valence-corrected chi connectivity index (χ2v) is 7.96. The lowest BCUT2D eigenvalue weighted by Gasteiger charge is -2.16. The van der Waals surface area contributed by atoms with Crippen LogP contribution in [0.15, 0.2) is 88.7 Å². The number of carbonyl (C=O) groups is 2. The van der Waals surface area contributed by atoms with Crippen LogP contribution in [0, 0.1) is 0 Å². The highest BCUT2D eigenvalue weighted by Gasteiger charge is 2.41. The molecule has 1 aliphatic rings. The van der Waals surface area contributed by atoms with Gasteiger partial charge in [0.2, 0.25) is 0 Å². The van der Waals surface area contributed by atoms with Crippen molar-refractivity contribution in [3.8, 4) is 5.75 Å². The molecule has 30 heavy (non-hydrogen) atoms. The van der Waals surface area contributed by atoms with Gasteiger partial charge in [0.1, 0.15) is 5.75 Å². The zero-order valence-electron chi connectivity index (χ0n) is 16.2. The Labute approximate surface area is 184 Å².